The summed E-state index contributed by atoms with van der Waals surface area (Å²) in [6, 6.07) is 9.16. The fourth-order valence-corrected chi connectivity index (χ4v) is 3.15. The fourth-order valence-electron chi connectivity index (χ4n) is 3.15. The minimum atomic E-state index is -0.871. The monoisotopic (exact) mass is 413 g/mol. The van der Waals surface area contributed by atoms with Gasteiger partial charge in [0.25, 0.3) is 11.8 Å². The largest absolute Gasteiger partial charge is 0.493 e. The number of aryl methyl sites for hydroxylation is 1. The molecule has 30 heavy (non-hydrogen) atoms. The smallest absolute Gasteiger partial charge is 0.265 e. The first-order chi connectivity index (χ1) is 14.4. The molecule has 2 N–H and O–H groups in total. The van der Waals surface area contributed by atoms with E-state index >= 15 is 0 Å². The van der Waals surface area contributed by atoms with E-state index in [0.717, 1.165) is 10.5 Å². The number of imide groups is 1. The summed E-state index contributed by atoms with van der Waals surface area (Å²) in [5.41, 5.74) is 6.86. The maximum Gasteiger partial charge on any atom is 0.265 e. The molecule has 158 valence electrons. The van der Waals surface area contributed by atoms with Gasteiger partial charge in [-0.25, -0.2) is 10.3 Å². The maximum absolute atomic E-state index is 12.7. The Hall–Kier alpha value is -3.59. The summed E-state index contributed by atoms with van der Waals surface area (Å²) in [6.45, 7) is 1.92. The van der Waals surface area contributed by atoms with Crippen molar-refractivity contribution in [2.24, 2.45) is 0 Å². The fraction of sp³-hybridized carbons (Fsp3) is 0.286. The molecule has 0 spiro atoms. The molecule has 9 nitrogen and oxygen atoms in total. The minimum absolute atomic E-state index is 0.0672. The average molecular weight is 413 g/mol. The van der Waals surface area contributed by atoms with Crippen LogP contribution in [0.2, 0.25) is 0 Å². The molecule has 0 radical (unpaired) electrons. The highest BCUT2D eigenvalue weighted by molar-refractivity contribution is 6.22. The lowest BCUT2D eigenvalue weighted by Gasteiger charge is -2.17. The van der Waals surface area contributed by atoms with Crippen LogP contribution >= 0.6 is 0 Å². The van der Waals surface area contributed by atoms with Crippen LogP contribution in [0.1, 0.15) is 22.3 Å². The molecule has 0 saturated carbocycles. The zero-order valence-corrected chi connectivity index (χ0v) is 17.1. The number of amides is 3. The highest BCUT2D eigenvalue weighted by Gasteiger charge is 2.39. The molecule has 0 aliphatic carbocycles. The number of nitrogens with one attached hydrogen (secondary N) is 2. The topological polar surface area (TPSA) is 106 Å². The summed E-state index contributed by atoms with van der Waals surface area (Å²) in [5, 5.41) is 0. The number of ether oxygens (including phenoxy) is 3. The Kier molecular flexibility index (Phi) is 6.22. The number of rotatable bonds is 7. The highest BCUT2D eigenvalue weighted by atomic mass is 16.5. The molecule has 1 atom stereocenters. The molecule has 1 heterocycles. The lowest BCUT2D eigenvalue weighted by molar-refractivity contribution is -0.121. The SMILES string of the molecule is COc1cc(C(=O)NNC2CC(=O)N(c3ccc(C)cc3)C2=O)cc(OC)c1OC. The predicted octanol–water partition coefficient (Wildman–Crippen LogP) is 1.59. The van der Waals surface area contributed by atoms with Gasteiger partial charge in [0.2, 0.25) is 11.7 Å². The molecule has 2 aromatic carbocycles. The van der Waals surface area contributed by atoms with Gasteiger partial charge in [0.15, 0.2) is 11.5 Å². The van der Waals surface area contributed by atoms with E-state index in [9.17, 15) is 14.4 Å². The molecular formula is C21H23N3O6. The number of anilines is 1. The molecule has 1 saturated heterocycles. The Labute approximate surface area is 173 Å². The summed E-state index contributed by atoms with van der Waals surface area (Å²) in [5.74, 6) is -0.310. The highest BCUT2D eigenvalue weighted by Crippen LogP contribution is 2.38. The molecule has 1 fully saturated rings. The van der Waals surface area contributed by atoms with E-state index in [1.54, 1.807) is 12.1 Å². The van der Waals surface area contributed by atoms with Gasteiger partial charge in [0, 0.05) is 5.56 Å². The molecular weight excluding hydrogens is 390 g/mol. The number of hydrogen-bond donors (Lipinski definition) is 2. The normalized spacial score (nSPS) is 15.9. The molecule has 2 aromatic rings. The van der Waals surface area contributed by atoms with Crippen LogP contribution in [0.3, 0.4) is 0 Å². The summed E-state index contributed by atoms with van der Waals surface area (Å²) >= 11 is 0. The summed E-state index contributed by atoms with van der Waals surface area (Å²) in [4.78, 5) is 38.7. The van der Waals surface area contributed by atoms with Gasteiger partial charge in [-0.2, -0.15) is 0 Å². The van der Waals surface area contributed by atoms with E-state index in [1.807, 2.05) is 19.1 Å². The number of hydrazine groups is 1. The number of carbonyl (C=O) groups excluding carboxylic acids is 3. The molecule has 3 rings (SSSR count). The standard InChI is InChI=1S/C21H23N3O6/c1-12-5-7-14(8-6-12)24-18(25)11-15(21(24)27)22-23-20(26)13-9-16(28-2)19(30-4)17(10-13)29-3/h5-10,15,22H,11H2,1-4H3,(H,23,26). The van der Waals surface area contributed by atoms with Crippen molar-refractivity contribution < 1.29 is 28.6 Å². The van der Waals surface area contributed by atoms with Crippen LogP contribution < -0.4 is 30.0 Å². The van der Waals surface area contributed by atoms with Gasteiger partial charge in [-0.05, 0) is 31.2 Å². The predicted molar refractivity (Wildman–Crippen MR) is 109 cm³/mol. The second-order valence-electron chi connectivity index (χ2n) is 6.67. The summed E-state index contributed by atoms with van der Waals surface area (Å²) in [6.07, 6.45) is -0.0672. The van der Waals surface area contributed by atoms with Gasteiger partial charge in [-0.15, -0.1) is 0 Å². The van der Waals surface area contributed by atoms with E-state index in [-0.39, 0.29) is 17.9 Å². The number of hydrogen-bond acceptors (Lipinski definition) is 7. The second-order valence-corrected chi connectivity index (χ2v) is 6.67. The van der Waals surface area contributed by atoms with E-state index in [1.165, 1.54) is 33.5 Å². The molecule has 0 aromatic heterocycles. The molecule has 3 amide bonds. The zero-order chi connectivity index (χ0) is 21.8. The van der Waals surface area contributed by atoms with Crippen LogP contribution in [0.5, 0.6) is 17.2 Å². The van der Waals surface area contributed by atoms with Gasteiger partial charge >= 0.3 is 0 Å². The number of nitrogens with zero attached hydrogens (tertiary/aromatic N) is 1. The minimum Gasteiger partial charge on any atom is -0.493 e. The van der Waals surface area contributed by atoms with Crippen molar-refractivity contribution in [3.63, 3.8) is 0 Å². The number of methoxy groups -OCH3 is 3. The third-order valence-corrected chi connectivity index (χ3v) is 4.73. The van der Waals surface area contributed by atoms with Crippen LogP contribution in [0.15, 0.2) is 36.4 Å². The zero-order valence-electron chi connectivity index (χ0n) is 17.1. The third-order valence-electron chi connectivity index (χ3n) is 4.73. The van der Waals surface area contributed by atoms with Crippen molar-refractivity contribution >= 4 is 23.4 Å². The van der Waals surface area contributed by atoms with Gasteiger partial charge in [0.1, 0.15) is 6.04 Å². The Balaban J connectivity index is 1.71. The van der Waals surface area contributed by atoms with Crippen LogP contribution in [0.25, 0.3) is 0 Å². The van der Waals surface area contributed by atoms with Gasteiger partial charge in [-0.1, -0.05) is 17.7 Å². The number of benzene rings is 2. The van der Waals surface area contributed by atoms with Gasteiger partial charge in [-0.3, -0.25) is 19.8 Å². The lowest BCUT2D eigenvalue weighted by atomic mass is 10.1. The Bertz CT molecular complexity index is 948. The van der Waals surface area contributed by atoms with E-state index in [0.29, 0.717) is 22.9 Å². The molecule has 1 aliphatic rings. The van der Waals surface area contributed by atoms with Gasteiger partial charge < -0.3 is 14.2 Å². The van der Waals surface area contributed by atoms with Crippen molar-refractivity contribution in [3.8, 4) is 17.2 Å². The van der Waals surface area contributed by atoms with E-state index in [2.05, 4.69) is 10.9 Å². The molecule has 9 heteroatoms. The number of carbonyl (C=O) groups is 3. The van der Waals surface area contributed by atoms with Crippen LogP contribution in [-0.4, -0.2) is 45.1 Å². The quantitative estimate of drug-likeness (QED) is 0.524. The third kappa shape index (κ3) is 4.06. The van der Waals surface area contributed by atoms with Crippen LogP contribution in [-0.2, 0) is 9.59 Å². The Morgan fingerprint density at radius 2 is 1.60 bits per heavy atom. The lowest BCUT2D eigenvalue weighted by Crippen LogP contribution is -2.48. The maximum atomic E-state index is 12.7. The molecule has 1 aliphatic heterocycles. The Morgan fingerprint density at radius 3 is 2.13 bits per heavy atom. The van der Waals surface area contributed by atoms with Crippen molar-refractivity contribution in [2.45, 2.75) is 19.4 Å². The van der Waals surface area contributed by atoms with E-state index in [4.69, 9.17) is 14.2 Å². The van der Waals surface area contributed by atoms with Crippen molar-refractivity contribution in [2.75, 3.05) is 26.2 Å². The first kappa shape index (κ1) is 21.1. The Morgan fingerprint density at radius 1 is 1.00 bits per heavy atom. The summed E-state index contributed by atoms with van der Waals surface area (Å²) < 4.78 is 15.7. The molecule has 0 bridgehead atoms. The van der Waals surface area contributed by atoms with Gasteiger partial charge in [0.05, 0.1) is 33.4 Å². The van der Waals surface area contributed by atoms with Crippen molar-refractivity contribution in [1.29, 1.82) is 0 Å². The molecule has 1 unspecified atom stereocenters. The van der Waals surface area contributed by atoms with Crippen LogP contribution in [0, 0.1) is 6.92 Å². The first-order valence-electron chi connectivity index (χ1n) is 9.19. The van der Waals surface area contributed by atoms with Crippen LogP contribution in [0.4, 0.5) is 5.69 Å². The van der Waals surface area contributed by atoms with Crippen molar-refractivity contribution in [3.05, 3.63) is 47.5 Å². The van der Waals surface area contributed by atoms with Crippen molar-refractivity contribution in [1.82, 2.24) is 10.9 Å². The first-order valence-corrected chi connectivity index (χ1v) is 9.19. The summed E-state index contributed by atoms with van der Waals surface area (Å²) in [7, 11) is 4.35. The average Bonchev–Trinajstić information content (AvgIpc) is 3.04. The second kappa shape index (κ2) is 8.83. The van der Waals surface area contributed by atoms with E-state index < -0.39 is 17.9 Å².